The van der Waals surface area contributed by atoms with Crippen molar-refractivity contribution in [3.63, 3.8) is 0 Å². The van der Waals surface area contributed by atoms with Gasteiger partial charge in [0, 0.05) is 19.2 Å². The van der Waals surface area contributed by atoms with Gasteiger partial charge in [-0.3, -0.25) is 0 Å². The molecular formula is C10H13ClN4. The lowest BCUT2D eigenvalue weighted by atomic mass is 10.2. The average Bonchev–Trinajstić information content (AvgIpc) is 2.15. The van der Waals surface area contributed by atoms with E-state index in [1.165, 1.54) is 0 Å². The minimum atomic E-state index is 0.111. The fourth-order valence-electron chi connectivity index (χ4n) is 1.19. The lowest BCUT2D eigenvalue weighted by Crippen LogP contribution is -2.29. The fraction of sp³-hybridized carbons (Fsp3) is 0.500. The second kappa shape index (κ2) is 4.94. The minimum Gasteiger partial charge on any atom is -0.356 e. The number of aromatic nitrogens is 2. The van der Waals surface area contributed by atoms with Crippen LogP contribution in [-0.4, -0.2) is 23.1 Å². The monoisotopic (exact) mass is 224 g/mol. The van der Waals surface area contributed by atoms with Gasteiger partial charge in [-0.15, -0.1) is 0 Å². The second-order valence-electron chi connectivity index (χ2n) is 3.42. The summed E-state index contributed by atoms with van der Waals surface area (Å²) in [6.45, 7) is 3.76. The highest BCUT2D eigenvalue weighted by atomic mass is 35.5. The molecule has 0 saturated heterocycles. The molecule has 0 aliphatic rings. The van der Waals surface area contributed by atoms with Crippen molar-refractivity contribution in [2.75, 3.05) is 11.9 Å². The van der Waals surface area contributed by atoms with Crippen LogP contribution >= 0.6 is 11.6 Å². The van der Waals surface area contributed by atoms with E-state index >= 15 is 0 Å². The van der Waals surface area contributed by atoms with Crippen molar-refractivity contribution in [3.05, 3.63) is 17.0 Å². The maximum Gasteiger partial charge on any atom is 0.134 e. The molecule has 1 rings (SSSR count). The molecule has 0 amide bonds. The fourth-order valence-corrected chi connectivity index (χ4v) is 1.41. The van der Waals surface area contributed by atoms with Crippen LogP contribution in [0.1, 0.15) is 19.2 Å². The third-order valence-electron chi connectivity index (χ3n) is 2.20. The van der Waals surface area contributed by atoms with Crippen LogP contribution in [0.3, 0.4) is 0 Å². The maximum absolute atomic E-state index is 8.61. The number of aryl methyl sites for hydroxylation is 1. The molecule has 0 saturated carbocycles. The topological polar surface area (TPSA) is 52.8 Å². The molecule has 0 N–H and O–H groups in total. The lowest BCUT2D eigenvalue weighted by molar-refractivity contribution is 0.691. The van der Waals surface area contributed by atoms with Crippen LogP contribution in [0.2, 0.25) is 5.15 Å². The maximum atomic E-state index is 8.61. The van der Waals surface area contributed by atoms with Crippen LogP contribution < -0.4 is 4.90 Å². The van der Waals surface area contributed by atoms with E-state index in [1.807, 2.05) is 18.9 Å². The van der Waals surface area contributed by atoms with E-state index in [9.17, 15) is 0 Å². The zero-order chi connectivity index (χ0) is 11.4. The van der Waals surface area contributed by atoms with Crippen molar-refractivity contribution in [3.8, 4) is 6.07 Å². The van der Waals surface area contributed by atoms with Gasteiger partial charge in [-0.05, 0) is 13.8 Å². The van der Waals surface area contributed by atoms with Crippen molar-refractivity contribution in [1.29, 1.82) is 5.26 Å². The molecule has 4 nitrogen and oxygen atoms in total. The molecule has 0 bridgehead atoms. The third-order valence-corrected chi connectivity index (χ3v) is 2.40. The quantitative estimate of drug-likeness (QED) is 0.739. The molecule has 0 spiro atoms. The van der Waals surface area contributed by atoms with Gasteiger partial charge in [0.25, 0.3) is 0 Å². The number of anilines is 1. The highest BCUT2D eigenvalue weighted by Crippen LogP contribution is 2.17. The van der Waals surface area contributed by atoms with Crippen LogP contribution in [0.25, 0.3) is 0 Å². The summed E-state index contributed by atoms with van der Waals surface area (Å²) in [4.78, 5) is 10.2. The zero-order valence-corrected chi connectivity index (χ0v) is 9.78. The lowest BCUT2D eigenvalue weighted by Gasteiger charge is -2.24. The molecule has 5 heteroatoms. The largest absolute Gasteiger partial charge is 0.356 e. The van der Waals surface area contributed by atoms with Gasteiger partial charge in [-0.25, -0.2) is 9.97 Å². The van der Waals surface area contributed by atoms with Gasteiger partial charge in [0.05, 0.1) is 12.5 Å². The van der Waals surface area contributed by atoms with E-state index in [0.717, 1.165) is 5.82 Å². The second-order valence-corrected chi connectivity index (χ2v) is 3.81. The summed E-state index contributed by atoms with van der Waals surface area (Å²) in [5.41, 5.74) is 0. The summed E-state index contributed by atoms with van der Waals surface area (Å²) in [5.74, 6) is 1.38. The molecule has 0 aliphatic carbocycles. The number of nitriles is 1. The predicted octanol–water partition coefficient (Wildman–Crippen LogP) is 2.18. The molecular weight excluding hydrogens is 212 g/mol. The standard InChI is InChI=1S/C10H13ClN4/c1-7(4-5-12)15(3)10-6-9(11)13-8(2)14-10/h6-7H,4H2,1-3H3. The van der Waals surface area contributed by atoms with E-state index in [1.54, 1.807) is 13.0 Å². The Morgan fingerprint density at radius 2 is 2.27 bits per heavy atom. The Bertz CT molecular complexity index is 365. The van der Waals surface area contributed by atoms with Crippen LogP contribution in [0.15, 0.2) is 6.07 Å². The minimum absolute atomic E-state index is 0.111. The normalized spacial score (nSPS) is 11.9. The molecule has 0 fully saturated rings. The van der Waals surface area contributed by atoms with Gasteiger partial charge < -0.3 is 4.90 Å². The molecule has 1 atom stereocenters. The summed E-state index contributed by atoms with van der Waals surface area (Å²) in [7, 11) is 1.89. The van der Waals surface area contributed by atoms with Crippen LogP contribution in [0.5, 0.6) is 0 Å². The Labute approximate surface area is 94.5 Å². The summed E-state index contributed by atoms with van der Waals surface area (Å²) in [6, 6.07) is 3.94. The van der Waals surface area contributed by atoms with Crippen LogP contribution in [0, 0.1) is 18.3 Å². The SMILES string of the molecule is Cc1nc(Cl)cc(N(C)C(C)CC#N)n1. The van der Waals surface area contributed by atoms with Crippen molar-refractivity contribution in [2.24, 2.45) is 0 Å². The summed E-state index contributed by atoms with van der Waals surface area (Å²) in [6.07, 6.45) is 0.456. The number of halogens is 1. The van der Waals surface area contributed by atoms with Gasteiger partial charge in [-0.2, -0.15) is 5.26 Å². The zero-order valence-electron chi connectivity index (χ0n) is 9.03. The molecule has 0 aromatic carbocycles. The van der Waals surface area contributed by atoms with E-state index in [2.05, 4.69) is 16.0 Å². The number of nitrogens with zero attached hydrogens (tertiary/aromatic N) is 4. The van der Waals surface area contributed by atoms with Gasteiger partial charge in [0.1, 0.15) is 16.8 Å². The molecule has 0 radical (unpaired) electrons. The molecule has 0 aliphatic heterocycles. The van der Waals surface area contributed by atoms with Crippen LogP contribution in [0.4, 0.5) is 5.82 Å². The van der Waals surface area contributed by atoms with E-state index in [4.69, 9.17) is 16.9 Å². The number of hydrogen-bond acceptors (Lipinski definition) is 4. The number of rotatable bonds is 3. The first kappa shape index (κ1) is 11.7. The summed E-state index contributed by atoms with van der Waals surface area (Å²) in [5, 5.41) is 9.03. The molecule has 15 heavy (non-hydrogen) atoms. The Morgan fingerprint density at radius 3 is 2.80 bits per heavy atom. The van der Waals surface area contributed by atoms with Crippen molar-refractivity contribution in [1.82, 2.24) is 9.97 Å². The molecule has 1 aromatic heterocycles. The Hall–Kier alpha value is -1.34. The van der Waals surface area contributed by atoms with Gasteiger partial charge >= 0.3 is 0 Å². The average molecular weight is 225 g/mol. The predicted molar refractivity (Wildman–Crippen MR) is 59.9 cm³/mol. The highest BCUT2D eigenvalue weighted by molar-refractivity contribution is 6.29. The molecule has 1 heterocycles. The Morgan fingerprint density at radius 1 is 1.60 bits per heavy atom. The molecule has 80 valence electrons. The Balaban J connectivity index is 2.91. The highest BCUT2D eigenvalue weighted by Gasteiger charge is 2.12. The first-order valence-electron chi connectivity index (χ1n) is 4.65. The van der Waals surface area contributed by atoms with Crippen molar-refractivity contribution < 1.29 is 0 Å². The summed E-state index contributed by atoms with van der Waals surface area (Å²) >= 11 is 5.83. The van der Waals surface area contributed by atoms with E-state index in [-0.39, 0.29) is 6.04 Å². The first-order chi connectivity index (χ1) is 7.04. The van der Waals surface area contributed by atoms with Gasteiger partial charge in [0.15, 0.2) is 0 Å². The third kappa shape index (κ3) is 3.07. The molecule has 1 aromatic rings. The van der Waals surface area contributed by atoms with Gasteiger partial charge in [-0.1, -0.05) is 11.6 Å². The first-order valence-corrected chi connectivity index (χ1v) is 5.03. The van der Waals surface area contributed by atoms with E-state index < -0.39 is 0 Å². The van der Waals surface area contributed by atoms with Gasteiger partial charge in [0.2, 0.25) is 0 Å². The number of hydrogen-bond donors (Lipinski definition) is 0. The molecule has 1 unspecified atom stereocenters. The van der Waals surface area contributed by atoms with Crippen LogP contribution in [-0.2, 0) is 0 Å². The van der Waals surface area contributed by atoms with E-state index in [0.29, 0.717) is 17.4 Å². The summed E-state index contributed by atoms with van der Waals surface area (Å²) < 4.78 is 0. The van der Waals surface area contributed by atoms with Crippen molar-refractivity contribution >= 4 is 17.4 Å². The van der Waals surface area contributed by atoms with Crippen molar-refractivity contribution in [2.45, 2.75) is 26.3 Å². The smallest absolute Gasteiger partial charge is 0.134 e. The Kier molecular flexibility index (Phi) is 3.87.